The Morgan fingerprint density at radius 3 is 2.81 bits per heavy atom. The number of carbonyl (C=O) groups is 1. The zero-order valence-corrected chi connectivity index (χ0v) is 14.5. The molecule has 1 amide bonds. The SMILES string of the molecule is COc1ccc(C)cc1NC(=O)Cn1nc(-c2cccnc2)ccc1=O. The fraction of sp³-hybridized carbons (Fsp3) is 0.158. The molecule has 0 radical (unpaired) electrons. The number of nitrogens with one attached hydrogen (secondary N) is 1. The molecule has 3 aromatic rings. The molecule has 0 unspecified atom stereocenters. The van der Waals surface area contributed by atoms with Crippen LogP contribution in [0.15, 0.2) is 59.7 Å². The monoisotopic (exact) mass is 350 g/mol. The molecule has 7 nitrogen and oxygen atoms in total. The Labute approximate surface area is 150 Å². The van der Waals surface area contributed by atoms with Gasteiger partial charge in [0, 0.05) is 24.0 Å². The molecule has 0 aliphatic heterocycles. The molecule has 0 saturated heterocycles. The molecule has 0 aliphatic carbocycles. The second-order valence-electron chi connectivity index (χ2n) is 5.71. The third-order valence-electron chi connectivity index (χ3n) is 3.75. The van der Waals surface area contributed by atoms with E-state index in [4.69, 9.17) is 4.74 Å². The zero-order chi connectivity index (χ0) is 18.5. The van der Waals surface area contributed by atoms with E-state index in [9.17, 15) is 9.59 Å². The molecule has 1 aromatic carbocycles. The van der Waals surface area contributed by atoms with Crippen LogP contribution in [-0.4, -0.2) is 27.8 Å². The third-order valence-corrected chi connectivity index (χ3v) is 3.75. The third kappa shape index (κ3) is 3.94. The van der Waals surface area contributed by atoms with Crippen LogP contribution in [0.5, 0.6) is 5.75 Å². The van der Waals surface area contributed by atoms with Crippen LogP contribution in [0.4, 0.5) is 5.69 Å². The molecule has 2 aromatic heterocycles. The summed E-state index contributed by atoms with van der Waals surface area (Å²) in [5.41, 5.74) is 2.51. The number of rotatable bonds is 5. The lowest BCUT2D eigenvalue weighted by molar-refractivity contribution is -0.117. The van der Waals surface area contributed by atoms with Crippen LogP contribution in [0.1, 0.15) is 5.56 Å². The summed E-state index contributed by atoms with van der Waals surface area (Å²) in [6.07, 6.45) is 3.30. The Morgan fingerprint density at radius 2 is 2.08 bits per heavy atom. The van der Waals surface area contributed by atoms with Crippen molar-refractivity contribution in [3.63, 3.8) is 0 Å². The summed E-state index contributed by atoms with van der Waals surface area (Å²) in [4.78, 5) is 28.5. The van der Waals surface area contributed by atoms with Crippen molar-refractivity contribution in [2.24, 2.45) is 0 Å². The van der Waals surface area contributed by atoms with Crippen LogP contribution in [0.2, 0.25) is 0 Å². The Morgan fingerprint density at radius 1 is 1.23 bits per heavy atom. The van der Waals surface area contributed by atoms with E-state index in [2.05, 4.69) is 15.4 Å². The van der Waals surface area contributed by atoms with Crippen LogP contribution in [0.25, 0.3) is 11.3 Å². The van der Waals surface area contributed by atoms with E-state index in [0.29, 0.717) is 17.1 Å². The maximum atomic E-state index is 12.4. The topological polar surface area (TPSA) is 86.1 Å². The van der Waals surface area contributed by atoms with E-state index >= 15 is 0 Å². The van der Waals surface area contributed by atoms with Crippen molar-refractivity contribution in [2.75, 3.05) is 12.4 Å². The first-order valence-electron chi connectivity index (χ1n) is 8.00. The molecule has 26 heavy (non-hydrogen) atoms. The lowest BCUT2D eigenvalue weighted by Crippen LogP contribution is -2.29. The molecule has 0 spiro atoms. The largest absolute Gasteiger partial charge is 0.495 e. The standard InChI is InChI=1S/C19H18N4O3/c1-13-5-7-17(26-2)16(10-13)21-18(24)12-23-19(25)8-6-15(22-23)14-4-3-9-20-11-14/h3-11H,12H2,1-2H3,(H,21,24). The maximum absolute atomic E-state index is 12.4. The van der Waals surface area contributed by atoms with Gasteiger partial charge in [-0.1, -0.05) is 6.07 Å². The first-order valence-corrected chi connectivity index (χ1v) is 8.00. The predicted octanol–water partition coefficient (Wildman–Crippen LogP) is 2.26. The van der Waals surface area contributed by atoms with Crippen LogP contribution < -0.4 is 15.6 Å². The molecular formula is C19H18N4O3. The minimum absolute atomic E-state index is 0.204. The van der Waals surface area contributed by atoms with Crippen molar-refractivity contribution < 1.29 is 9.53 Å². The van der Waals surface area contributed by atoms with Crippen LogP contribution in [-0.2, 0) is 11.3 Å². The zero-order valence-electron chi connectivity index (χ0n) is 14.5. The Bertz CT molecular complexity index is 984. The van der Waals surface area contributed by atoms with Crippen molar-refractivity contribution in [1.82, 2.24) is 14.8 Å². The average molecular weight is 350 g/mol. The van der Waals surface area contributed by atoms with Gasteiger partial charge in [-0.3, -0.25) is 14.6 Å². The highest BCUT2D eigenvalue weighted by molar-refractivity contribution is 5.92. The van der Waals surface area contributed by atoms with E-state index in [1.165, 1.54) is 13.2 Å². The van der Waals surface area contributed by atoms with Gasteiger partial charge in [0.05, 0.1) is 18.5 Å². The fourth-order valence-corrected chi connectivity index (χ4v) is 2.48. The Hall–Kier alpha value is -3.48. The van der Waals surface area contributed by atoms with Gasteiger partial charge in [0.15, 0.2) is 0 Å². The van der Waals surface area contributed by atoms with Crippen molar-refractivity contribution in [3.8, 4) is 17.0 Å². The van der Waals surface area contributed by atoms with Gasteiger partial charge in [-0.25, -0.2) is 4.68 Å². The van der Waals surface area contributed by atoms with E-state index < -0.39 is 0 Å². The van der Waals surface area contributed by atoms with Gasteiger partial charge >= 0.3 is 0 Å². The number of pyridine rings is 1. The lowest BCUT2D eigenvalue weighted by atomic mass is 10.2. The quantitative estimate of drug-likeness (QED) is 0.763. The smallest absolute Gasteiger partial charge is 0.267 e. The summed E-state index contributed by atoms with van der Waals surface area (Å²) in [6.45, 7) is 1.71. The highest BCUT2D eigenvalue weighted by atomic mass is 16.5. The minimum Gasteiger partial charge on any atom is -0.495 e. The van der Waals surface area contributed by atoms with Gasteiger partial charge in [0.1, 0.15) is 12.3 Å². The molecule has 2 heterocycles. The molecule has 1 N–H and O–H groups in total. The van der Waals surface area contributed by atoms with E-state index in [0.717, 1.165) is 15.8 Å². The van der Waals surface area contributed by atoms with Gasteiger partial charge in [-0.15, -0.1) is 0 Å². The normalized spacial score (nSPS) is 10.4. The van der Waals surface area contributed by atoms with Crippen LogP contribution in [0, 0.1) is 6.92 Å². The number of aryl methyl sites for hydroxylation is 1. The first-order chi connectivity index (χ1) is 12.6. The summed E-state index contributed by atoms with van der Waals surface area (Å²) in [5, 5.41) is 7.02. The summed E-state index contributed by atoms with van der Waals surface area (Å²) >= 11 is 0. The summed E-state index contributed by atoms with van der Waals surface area (Å²) in [7, 11) is 1.53. The summed E-state index contributed by atoms with van der Waals surface area (Å²) in [6, 6.07) is 12.1. The molecule has 3 rings (SSSR count). The number of benzene rings is 1. The fourth-order valence-electron chi connectivity index (χ4n) is 2.48. The first kappa shape index (κ1) is 17.3. The second kappa shape index (κ2) is 7.60. The number of amides is 1. The minimum atomic E-state index is -0.369. The average Bonchev–Trinajstić information content (AvgIpc) is 2.64. The van der Waals surface area contributed by atoms with Crippen molar-refractivity contribution in [2.45, 2.75) is 13.5 Å². The molecule has 0 fully saturated rings. The number of methoxy groups -OCH3 is 1. The number of ether oxygens (including phenoxy) is 1. The molecule has 0 atom stereocenters. The second-order valence-corrected chi connectivity index (χ2v) is 5.71. The molecule has 0 bridgehead atoms. The summed E-state index contributed by atoms with van der Waals surface area (Å²) < 4.78 is 6.37. The van der Waals surface area contributed by atoms with Crippen LogP contribution >= 0.6 is 0 Å². The highest BCUT2D eigenvalue weighted by Crippen LogP contribution is 2.25. The summed E-state index contributed by atoms with van der Waals surface area (Å²) in [5.74, 6) is 0.181. The lowest BCUT2D eigenvalue weighted by Gasteiger charge is -2.12. The van der Waals surface area contributed by atoms with E-state index in [1.807, 2.05) is 19.1 Å². The molecular weight excluding hydrogens is 332 g/mol. The number of hydrogen-bond acceptors (Lipinski definition) is 5. The number of anilines is 1. The van der Waals surface area contributed by atoms with Crippen molar-refractivity contribution in [3.05, 3.63) is 70.8 Å². The van der Waals surface area contributed by atoms with Gasteiger partial charge in [0.25, 0.3) is 5.56 Å². The number of aromatic nitrogens is 3. The van der Waals surface area contributed by atoms with Gasteiger partial charge in [-0.2, -0.15) is 5.10 Å². The Balaban J connectivity index is 1.82. The highest BCUT2D eigenvalue weighted by Gasteiger charge is 2.11. The molecule has 132 valence electrons. The van der Waals surface area contributed by atoms with Crippen molar-refractivity contribution in [1.29, 1.82) is 0 Å². The van der Waals surface area contributed by atoms with Crippen LogP contribution in [0.3, 0.4) is 0 Å². The number of carbonyl (C=O) groups excluding carboxylic acids is 1. The Kier molecular flexibility index (Phi) is 5.07. The van der Waals surface area contributed by atoms with Gasteiger partial charge < -0.3 is 10.1 Å². The molecule has 7 heteroatoms. The number of nitrogens with zero attached hydrogens (tertiary/aromatic N) is 3. The van der Waals surface area contributed by atoms with Gasteiger partial charge in [-0.05, 0) is 42.8 Å². The van der Waals surface area contributed by atoms with E-state index in [-0.39, 0.29) is 18.0 Å². The molecule has 0 saturated carbocycles. The number of hydrogen-bond donors (Lipinski definition) is 1. The molecule has 0 aliphatic rings. The van der Waals surface area contributed by atoms with E-state index in [1.54, 1.807) is 36.7 Å². The maximum Gasteiger partial charge on any atom is 0.267 e. The van der Waals surface area contributed by atoms with Gasteiger partial charge in [0.2, 0.25) is 5.91 Å². The predicted molar refractivity (Wildman–Crippen MR) is 98.1 cm³/mol. The van der Waals surface area contributed by atoms with Crippen molar-refractivity contribution >= 4 is 11.6 Å².